The van der Waals surface area contributed by atoms with Crippen LogP contribution in [0.3, 0.4) is 0 Å². The SMILES string of the molecule is CN(CCCc1ccccc1)CCCC1CC[C@@H]2c3ccccc3O[C@@H]2C1. The molecule has 0 aromatic heterocycles. The molecular weight excluding hydrogens is 330 g/mol. The second-order valence-electron chi connectivity index (χ2n) is 8.51. The van der Waals surface area contributed by atoms with Gasteiger partial charge in [-0.2, -0.15) is 0 Å². The Kier molecular flexibility index (Phi) is 6.14. The number of nitrogens with zero attached hydrogens (tertiary/aromatic N) is 1. The fourth-order valence-electron chi connectivity index (χ4n) is 4.98. The highest BCUT2D eigenvalue weighted by atomic mass is 16.5. The Hall–Kier alpha value is -1.80. The molecule has 2 aliphatic rings. The lowest BCUT2D eigenvalue weighted by molar-refractivity contribution is 0.123. The summed E-state index contributed by atoms with van der Waals surface area (Å²) in [5.74, 6) is 2.64. The van der Waals surface area contributed by atoms with Crippen molar-refractivity contribution in [2.24, 2.45) is 5.92 Å². The van der Waals surface area contributed by atoms with Crippen molar-refractivity contribution in [2.45, 2.75) is 57.0 Å². The Labute approximate surface area is 164 Å². The van der Waals surface area contributed by atoms with Crippen molar-refractivity contribution >= 4 is 0 Å². The molecule has 2 nitrogen and oxygen atoms in total. The summed E-state index contributed by atoms with van der Waals surface area (Å²) in [5.41, 5.74) is 2.92. The van der Waals surface area contributed by atoms with Crippen LogP contribution in [0.25, 0.3) is 0 Å². The molecule has 0 radical (unpaired) electrons. The van der Waals surface area contributed by atoms with Crippen LogP contribution in [0.4, 0.5) is 0 Å². The maximum atomic E-state index is 6.25. The van der Waals surface area contributed by atoms with Crippen molar-refractivity contribution in [3.05, 3.63) is 65.7 Å². The van der Waals surface area contributed by atoms with Crippen LogP contribution < -0.4 is 4.74 Å². The van der Waals surface area contributed by atoms with Crippen LogP contribution in [0.2, 0.25) is 0 Å². The lowest BCUT2D eigenvalue weighted by Gasteiger charge is -2.31. The van der Waals surface area contributed by atoms with Crippen LogP contribution in [0.1, 0.15) is 55.6 Å². The lowest BCUT2D eigenvalue weighted by atomic mass is 9.76. The van der Waals surface area contributed by atoms with Crippen molar-refractivity contribution in [3.8, 4) is 5.75 Å². The van der Waals surface area contributed by atoms with Gasteiger partial charge in [-0.25, -0.2) is 0 Å². The molecular formula is C25H33NO. The second kappa shape index (κ2) is 8.93. The molecule has 4 rings (SSSR count). The zero-order chi connectivity index (χ0) is 18.5. The summed E-state index contributed by atoms with van der Waals surface area (Å²) in [5, 5.41) is 0. The molecule has 2 aromatic rings. The normalized spacial score (nSPS) is 23.7. The van der Waals surface area contributed by atoms with Gasteiger partial charge in [-0.1, -0.05) is 48.5 Å². The smallest absolute Gasteiger partial charge is 0.123 e. The van der Waals surface area contributed by atoms with Gasteiger partial charge < -0.3 is 9.64 Å². The molecule has 3 atom stereocenters. The minimum atomic E-state index is 0.435. The summed E-state index contributed by atoms with van der Waals surface area (Å²) < 4.78 is 6.25. The van der Waals surface area contributed by atoms with Gasteiger partial charge in [0, 0.05) is 11.5 Å². The molecule has 2 heteroatoms. The summed E-state index contributed by atoms with van der Waals surface area (Å²) in [6.07, 6.45) is 9.47. The van der Waals surface area contributed by atoms with Crippen molar-refractivity contribution in [1.29, 1.82) is 0 Å². The highest BCUT2D eigenvalue weighted by Gasteiger charge is 2.38. The first kappa shape index (κ1) is 18.6. The molecule has 1 unspecified atom stereocenters. The van der Waals surface area contributed by atoms with E-state index in [2.05, 4.69) is 66.5 Å². The molecule has 0 spiro atoms. The maximum Gasteiger partial charge on any atom is 0.123 e. The lowest BCUT2D eigenvalue weighted by Crippen LogP contribution is -2.29. The largest absolute Gasteiger partial charge is 0.489 e. The first-order valence-corrected chi connectivity index (χ1v) is 10.8. The molecule has 27 heavy (non-hydrogen) atoms. The number of aryl methyl sites for hydroxylation is 1. The average Bonchev–Trinajstić information content (AvgIpc) is 3.06. The third kappa shape index (κ3) is 4.73. The van der Waals surface area contributed by atoms with E-state index >= 15 is 0 Å². The molecule has 2 aromatic carbocycles. The number of benzene rings is 2. The van der Waals surface area contributed by atoms with Gasteiger partial charge in [-0.3, -0.25) is 0 Å². The van der Waals surface area contributed by atoms with Gasteiger partial charge in [0.2, 0.25) is 0 Å². The fourth-order valence-corrected chi connectivity index (χ4v) is 4.98. The first-order valence-electron chi connectivity index (χ1n) is 10.8. The molecule has 0 N–H and O–H groups in total. The number of rotatable bonds is 8. The van der Waals surface area contributed by atoms with E-state index in [1.54, 1.807) is 0 Å². The number of para-hydroxylation sites is 1. The van der Waals surface area contributed by atoms with Crippen LogP contribution in [0, 0.1) is 5.92 Å². The van der Waals surface area contributed by atoms with Gasteiger partial charge in [0.1, 0.15) is 11.9 Å². The van der Waals surface area contributed by atoms with Crippen molar-refractivity contribution in [2.75, 3.05) is 20.1 Å². The third-order valence-electron chi connectivity index (χ3n) is 6.50. The molecule has 1 fully saturated rings. The van der Waals surface area contributed by atoms with Gasteiger partial charge in [0.15, 0.2) is 0 Å². The summed E-state index contributed by atoms with van der Waals surface area (Å²) in [4.78, 5) is 2.51. The van der Waals surface area contributed by atoms with E-state index in [0.717, 1.165) is 11.7 Å². The summed E-state index contributed by atoms with van der Waals surface area (Å²) in [6, 6.07) is 19.5. The summed E-state index contributed by atoms with van der Waals surface area (Å²) >= 11 is 0. The zero-order valence-corrected chi connectivity index (χ0v) is 16.6. The molecule has 0 amide bonds. The van der Waals surface area contributed by atoms with Gasteiger partial charge in [-0.05, 0) is 82.6 Å². The van der Waals surface area contributed by atoms with Crippen molar-refractivity contribution in [1.82, 2.24) is 4.90 Å². The highest BCUT2D eigenvalue weighted by Crippen LogP contribution is 2.47. The maximum absolute atomic E-state index is 6.25. The summed E-state index contributed by atoms with van der Waals surface area (Å²) in [7, 11) is 2.28. The molecule has 0 bridgehead atoms. The Bertz CT molecular complexity index is 713. The number of fused-ring (bicyclic) bond motifs is 3. The van der Waals surface area contributed by atoms with Crippen LogP contribution >= 0.6 is 0 Å². The predicted octanol–water partition coefficient (Wildman–Crippen LogP) is 5.68. The van der Waals surface area contributed by atoms with E-state index < -0.39 is 0 Å². The van der Waals surface area contributed by atoms with E-state index in [-0.39, 0.29) is 0 Å². The van der Waals surface area contributed by atoms with E-state index in [1.807, 2.05) is 0 Å². The fraction of sp³-hybridized carbons (Fsp3) is 0.520. The molecule has 144 valence electrons. The Morgan fingerprint density at radius 1 is 0.926 bits per heavy atom. The molecule has 1 saturated carbocycles. The summed E-state index contributed by atoms with van der Waals surface area (Å²) in [6.45, 7) is 2.42. The van der Waals surface area contributed by atoms with Gasteiger partial charge in [0.05, 0.1) is 0 Å². The van der Waals surface area contributed by atoms with Gasteiger partial charge >= 0.3 is 0 Å². The van der Waals surface area contributed by atoms with E-state index in [0.29, 0.717) is 12.0 Å². The van der Waals surface area contributed by atoms with E-state index in [9.17, 15) is 0 Å². The monoisotopic (exact) mass is 363 g/mol. The highest BCUT2D eigenvalue weighted by molar-refractivity contribution is 5.41. The number of hydrogen-bond donors (Lipinski definition) is 0. The minimum absolute atomic E-state index is 0.435. The van der Waals surface area contributed by atoms with Crippen LogP contribution in [-0.2, 0) is 6.42 Å². The second-order valence-corrected chi connectivity index (χ2v) is 8.51. The third-order valence-corrected chi connectivity index (χ3v) is 6.50. The van der Waals surface area contributed by atoms with Crippen LogP contribution in [-0.4, -0.2) is 31.1 Å². The van der Waals surface area contributed by atoms with Crippen LogP contribution in [0.5, 0.6) is 5.75 Å². The van der Waals surface area contributed by atoms with E-state index in [1.165, 1.54) is 69.2 Å². The van der Waals surface area contributed by atoms with Crippen molar-refractivity contribution < 1.29 is 4.74 Å². The molecule has 1 aliphatic heterocycles. The number of ether oxygens (including phenoxy) is 1. The zero-order valence-electron chi connectivity index (χ0n) is 16.6. The topological polar surface area (TPSA) is 12.5 Å². The number of hydrogen-bond acceptors (Lipinski definition) is 2. The molecule has 0 saturated heterocycles. The van der Waals surface area contributed by atoms with Crippen LogP contribution in [0.15, 0.2) is 54.6 Å². The van der Waals surface area contributed by atoms with Gasteiger partial charge in [-0.15, -0.1) is 0 Å². The van der Waals surface area contributed by atoms with E-state index in [4.69, 9.17) is 4.74 Å². The Morgan fingerprint density at radius 3 is 2.59 bits per heavy atom. The Balaban J connectivity index is 1.13. The Morgan fingerprint density at radius 2 is 1.70 bits per heavy atom. The first-order chi connectivity index (χ1) is 13.3. The quantitative estimate of drug-likeness (QED) is 0.598. The predicted molar refractivity (Wildman–Crippen MR) is 112 cm³/mol. The molecule has 1 heterocycles. The average molecular weight is 364 g/mol. The van der Waals surface area contributed by atoms with Crippen molar-refractivity contribution in [3.63, 3.8) is 0 Å². The standard InChI is InChI=1S/C25H33NO/c1-26(17-7-11-20-9-3-2-4-10-20)18-8-12-21-15-16-23-22-13-5-6-14-24(22)27-25(23)19-21/h2-6,9-10,13-14,21,23,25H,7-8,11-12,15-19H2,1H3/t21?,23-,25-/m1/s1. The minimum Gasteiger partial charge on any atom is -0.489 e. The molecule has 1 aliphatic carbocycles. The van der Waals surface area contributed by atoms with Gasteiger partial charge in [0.25, 0.3) is 0 Å².